The van der Waals surface area contributed by atoms with E-state index >= 15 is 0 Å². The number of rotatable bonds is 12. The Morgan fingerprint density at radius 3 is 1.10 bits per heavy atom. The van der Waals surface area contributed by atoms with Crippen LogP contribution in [0.15, 0.2) is 0 Å². The van der Waals surface area contributed by atoms with Crippen molar-refractivity contribution < 1.29 is 17.5 Å². The van der Waals surface area contributed by atoms with E-state index in [1.54, 1.807) is 32.6 Å². The maximum absolute atomic E-state index is 8.74. The zero-order valence-corrected chi connectivity index (χ0v) is 18.3. The molecule has 0 aliphatic carbocycles. The van der Waals surface area contributed by atoms with Crippen LogP contribution in [-0.4, -0.2) is 37.3 Å². The van der Waals surface area contributed by atoms with Crippen molar-refractivity contribution in [2.24, 2.45) is 0 Å². The average molecular weight is 431 g/mol. The van der Waals surface area contributed by atoms with E-state index in [1.165, 1.54) is 38.5 Å². The molecule has 0 heterocycles. The zero-order chi connectivity index (χ0) is 16.6. The monoisotopic (exact) mass is 432 g/mol. The molecular weight excluding hydrogens is 395 g/mol. The molecule has 21 heavy (non-hydrogen) atoms. The first-order chi connectivity index (χ1) is 9.85. The first kappa shape index (κ1) is 23.9. The third-order valence-electron chi connectivity index (χ3n) is 3.65. The van der Waals surface area contributed by atoms with Crippen LogP contribution in [0, 0.1) is 0 Å². The van der Waals surface area contributed by atoms with Gasteiger partial charge in [-0.2, -0.15) is 8.42 Å². The Labute approximate surface area is 139 Å². The summed E-state index contributed by atoms with van der Waals surface area (Å²) in [6, 6.07) is 0. The molecule has 0 radical (unpaired) electrons. The summed E-state index contributed by atoms with van der Waals surface area (Å²) in [7, 11) is -4.67. The molecule has 0 amide bonds. The summed E-state index contributed by atoms with van der Waals surface area (Å²) in [6.45, 7) is 7.00. The van der Waals surface area contributed by atoms with E-state index in [4.69, 9.17) is 17.5 Å². The standard InChI is InChI=1S/3C5H11.H2O4S.Sn.H/c3*1-3-5-4-2;1-5(2,3)4;;/h3*1,3-5H2,2H3;(H2,1,2,3,4);;. The van der Waals surface area contributed by atoms with Gasteiger partial charge in [0.05, 0.1) is 0 Å². The Balaban J connectivity index is 0. The van der Waals surface area contributed by atoms with E-state index in [0.717, 1.165) is 0 Å². The first-order valence-electron chi connectivity index (χ1n) is 8.54. The summed E-state index contributed by atoms with van der Waals surface area (Å²) in [6.07, 6.45) is 13.4. The molecule has 0 unspecified atom stereocenters. The van der Waals surface area contributed by atoms with Crippen molar-refractivity contribution in [1.29, 1.82) is 0 Å². The summed E-state index contributed by atoms with van der Waals surface area (Å²) in [5.41, 5.74) is 0. The molecule has 0 aromatic rings. The molecule has 0 aliphatic rings. The zero-order valence-electron chi connectivity index (χ0n) is 14.2. The second-order valence-corrected chi connectivity index (χ2v) is 16.6. The second-order valence-electron chi connectivity index (χ2n) is 5.80. The molecule has 4 nitrogen and oxygen atoms in total. The van der Waals surface area contributed by atoms with E-state index in [9.17, 15) is 0 Å². The number of unbranched alkanes of at least 4 members (excludes halogenated alkanes) is 6. The Kier molecular flexibility index (Phi) is 19.4. The number of hydrogen-bond acceptors (Lipinski definition) is 2. The molecule has 0 saturated carbocycles. The van der Waals surface area contributed by atoms with Crippen molar-refractivity contribution in [3.63, 3.8) is 0 Å². The van der Waals surface area contributed by atoms with Crippen molar-refractivity contribution in [1.82, 2.24) is 0 Å². The molecule has 0 fully saturated rings. The van der Waals surface area contributed by atoms with Gasteiger partial charge in [0.15, 0.2) is 0 Å². The van der Waals surface area contributed by atoms with Gasteiger partial charge in [0, 0.05) is 0 Å². The maximum atomic E-state index is 8.74. The minimum absolute atomic E-state index is 1.03. The third-order valence-corrected chi connectivity index (χ3v) is 14.1. The van der Waals surface area contributed by atoms with Gasteiger partial charge >= 0.3 is 122 Å². The van der Waals surface area contributed by atoms with Crippen LogP contribution in [-0.2, 0) is 10.4 Å². The summed E-state index contributed by atoms with van der Waals surface area (Å²) in [5.74, 6) is 0. The van der Waals surface area contributed by atoms with Crippen molar-refractivity contribution in [3.05, 3.63) is 0 Å². The van der Waals surface area contributed by atoms with Crippen LogP contribution in [0.25, 0.3) is 0 Å². The topological polar surface area (TPSA) is 74.6 Å². The molecule has 0 atom stereocenters. The Morgan fingerprint density at radius 2 is 0.905 bits per heavy atom. The average Bonchev–Trinajstić information content (AvgIpc) is 2.37. The first-order valence-corrected chi connectivity index (χ1v) is 16.9. The summed E-state index contributed by atoms with van der Waals surface area (Å²) < 4.78 is 36.7. The molecule has 0 aliphatic heterocycles. The molecule has 0 bridgehead atoms. The summed E-state index contributed by atoms with van der Waals surface area (Å²) in [5, 5.41) is 0. The van der Waals surface area contributed by atoms with E-state index in [0.29, 0.717) is 0 Å². The van der Waals surface area contributed by atoms with Crippen molar-refractivity contribution in [2.45, 2.75) is 91.9 Å². The molecule has 2 N–H and O–H groups in total. The van der Waals surface area contributed by atoms with E-state index in [2.05, 4.69) is 20.8 Å². The summed E-state index contributed by atoms with van der Waals surface area (Å²) >= 11 is -1.03. The van der Waals surface area contributed by atoms with Crippen LogP contribution in [0.1, 0.15) is 78.6 Å². The van der Waals surface area contributed by atoms with Crippen LogP contribution < -0.4 is 0 Å². The molecule has 6 heteroatoms. The van der Waals surface area contributed by atoms with Crippen LogP contribution in [0.4, 0.5) is 0 Å². The van der Waals surface area contributed by atoms with Gasteiger partial charge in [-0.3, -0.25) is 9.11 Å². The molecule has 0 spiro atoms. The van der Waals surface area contributed by atoms with Gasteiger partial charge in [-0.05, 0) is 0 Å². The van der Waals surface area contributed by atoms with Gasteiger partial charge in [0.25, 0.3) is 0 Å². The van der Waals surface area contributed by atoms with Crippen molar-refractivity contribution in [3.8, 4) is 0 Å². The molecular formula is C15H36O4SSn. The minimum Gasteiger partial charge on any atom is -0.264 e. The van der Waals surface area contributed by atoms with Gasteiger partial charge in [-0.1, -0.05) is 0 Å². The fourth-order valence-electron chi connectivity index (χ4n) is 2.48. The third kappa shape index (κ3) is 29.3. The van der Waals surface area contributed by atoms with Crippen LogP contribution >= 0.6 is 0 Å². The van der Waals surface area contributed by atoms with Gasteiger partial charge in [0.2, 0.25) is 0 Å². The molecule has 0 saturated heterocycles. The van der Waals surface area contributed by atoms with Gasteiger partial charge in [-0.15, -0.1) is 0 Å². The van der Waals surface area contributed by atoms with Crippen molar-refractivity contribution in [2.75, 3.05) is 0 Å². The fraction of sp³-hybridized carbons (Fsp3) is 1.00. The van der Waals surface area contributed by atoms with Crippen LogP contribution in [0.3, 0.4) is 0 Å². The van der Waals surface area contributed by atoms with Gasteiger partial charge in [-0.25, -0.2) is 0 Å². The predicted molar refractivity (Wildman–Crippen MR) is 94.3 cm³/mol. The summed E-state index contributed by atoms with van der Waals surface area (Å²) in [4.78, 5) is 0. The Morgan fingerprint density at radius 1 is 0.667 bits per heavy atom. The molecule has 0 rings (SSSR count). The quantitative estimate of drug-likeness (QED) is 0.255. The molecule has 130 valence electrons. The fourth-order valence-corrected chi connectivity index (χ4v) is 12.4. The predicted octanol–water partition coefficient (Wildman–Crippen LogP) is 5.13. The number of hydrogen-bond donors (Lipinski definition) is 2. The molecule has 0 aromatic carbocycles. The van der Waals surface area contributed by atoms with E-state index in [-0.39, 0.29) is 0 Å². The minimum atomic E-state index is -4.67. The Hall–Kier alpha value is 0.669. The normalized spacial score (nSPS) is 11.3. The maximum Gasteiger partial charge on any atom is 0.394 e. The molecule has 0 aromatic heterocycles. The van der Waals surface area contributed by atoms with Gasteiger partial charge in [0.1, 0.15) is 0 Å². The van der Waals surface area contributed by atoms with Crippen molar-refractivity contribution >= 4 is 30.2 Å². The van der Waals surface area contributed by atoms with E-state index < -0.39 is 30.2 Å². The van der Waals surface area contributed by atoms with Gasteiger partial charge < -0.3 is 0 Å². The SMILES string of the molecule is CCCC[CH2][SnH]([CH2]CCCC)[CH2]CCCC.O=S(=O)(O)O. The Bertz CT molecular complexity index is 262. The largest absolute Gasteiger partial charge is 0.394 e. The van der Waals surface area contributed by atoms with E-state index in [1.807, 2.05) is 0 Å². The van der Waals surface area contributed by atoms with Crippen LogP contribution in [0.5, 0.6) is 0 Å². The second kappa shape index (κ2) is 17.0. The van der Waals surface area contributed by atoms with Crippen LogP contribution in [0.2, 0.25) is 13.3 Å². The smallest absolute Gasteiger partial charge is 0.264 e.